The first kappa shape index (κ1) is 25.0. The van der Waals surface area contributed by atoms with E-state index in [-0.39, 0.29) is 0 Å². The quantitative estimate of drug-likeness (QED) is 0.232. The summed E-state index contributed by atoms with van der Waals surface area (Å²) in [7, 11) is 0. The smallest absolute Gasteiger partial charge is 0.0431 e. The maximum Gasteiger partial charge on any atom is 0.0431 e. The van der Waals surface area contributed by atoms with Crippen molar-refractivity contribution in [2.75, 3.05) is 6.61 Å². The molecule has 0 saturated carbocycles. The third-order valence-corrected chi connectivity index (χ3v) is 6.20. The van der Waals surface area contributed by atoms with Gasteiger partial charge >= 0.3 is 0 Å². The summed E-state index contributed by atoms with van der Waals surface area (Å²) in [5, 5.41) is 9.01. The Bertz CT molecular complexity index is 244. The van der Waals surface area contributed by atoms with Gasteiger partial charge in [0.15, 0.2) is 0 Å². The molecule has 0 aliphatic rings. The molecule has 0 aliphatic carbocycles. The van der Waals surface area contributed by atoms with Crippen LogP contribution in [0, 0.1) is 17.8 Å². The fourth-order valence-electron chi connectivity index (χ4n) is 4.58. The van der Waals surface area contributed by atoms with Gasteiger partial charge in [0.05, 0.1) is 0 Å². The van der Waals surface area contributed by atoms with Crippen molar-refractivity contribution in [2.45, 2.75) is 130 Å². The van der Waals surface area contributed by atoms with Crippen LogP contribution in [0.1, 0.15) is 130 Å². The molecule has 1 nitrogen and oxygen atoms in total. The predicted molar refractivity (Wildman–Crippen MR) is 114 cm³/mol. The number of unbranched alkanes of at least 4 members (excludes halogenated alkanes) is 4. The Hall–Kier alpha value is -0.0400. The summed E-state index contributed by atoms with van der Waals surface area (Å²) in [5.41, 5.74) is 0. The van der Waals surface area contributed by atoms with E-state index in [4.69, 9.17) is 5.11 Å². The van der Waals surface area contributed by atoms with Crippen molar-refractivity contribution in [1.82, 2.24) is 0 Å². The number of hydrogen-bond acceptors (Lipinski definition) is 1. The van der Waals surface area contributed by atoms with Crippen molar-refractivity contribution in [3.05, 3.63) is 0 Å². The summed E-state index contributed by atoms with van der Waals surface area (Å²) in [5.74, 6) is 2.82. The van der Waals surface area contributed by atoms with E-state index in [9.17, 15) is 0 Å². The van der Waals surface area contributed by atoms with E-state index in [1.54, 1.807) is 0 Å². The van der Waals surface area contributed by atoms with Crippen molar-refractivity contribution in [3.8, 4) is 0 Å². The maximum atomic E-state index is 9.01. The van der Waals surface area contributed by atoms with Crippen molar-refractivity contribution in [3.63, 3.8) is 0 Å². The first-order valence-electron chi connectivity index (χ1n) is 11.8. The fourth-order valence-corrected chi connectivity index (χ4v) is 4.58. The molecule has 0 aliphatic heterocycles. The second kappa shape index (κ2) is 18.7. The lowest BCUT2D eigenvalue weighted by Gasteiger charge is -2.27. The molecule has 2 atom stereocenters. The van der Waals surface area contributed by atoms with E-state index < -0.39 is 0 Å². The fraction of sp³-hybridized carbons (Fsp3) is 1.00. The normalized spacial score (nSPS) is 14.2. The van der Waals surface area contributed by atoms with Gasteiger partial charge in [-0.3, -0.25) is 0 Å². The molecular formula is C24H50O. The first-order valence-corrected chi connectivity index (χ1v) is 11.8. The van der Waals surface area contributed by atoms with Crippen molar-refractivity contribution >= 4 is 0 Å². The highest BCUT2D eigenvalue weighted by molar-refractivity contribution is 4.71. The van der Waals surface area contributed by atoms with E-state index in [0.717, 1.165) is 24.2 Å². The molecule has 0 aromatic rings. The summed E-state index contributed by atoms with van der Waals surface area (Å²) >= 11 is 0. The van der Waals surface area contributed by atoms with Gasteiger partial charge in [-0.05, 0) is 30.6 Å². The predicted octanol–water partition coefficient (Wildman–Crippen LogP) is 8.15. The molecule has 152 valence electrons. The molecule has 1 heteroatoms. The molecule has 0 bridgehead atoms. The van der Waals surface area contributed by atoms with E-state index in [1.165, 1.54) is 96.3 Å². The molecule has 0 rings (SSSR count). The van der Waals surface area contributed by atoms with E-state index >= 15 is 0 Å². The van der Waals surface area contributed by atoms with Gasteiger partial charge in [-0.1, -0.05) is 118 Å². The van der Waals surface area contributed by atoms with Crippen LogP contribution in [0.3, 0.4) is 0 Å². The van der Waals surface area contributed by atoms with Crippen LogP contribution in [0.25, 0.3) is 0 Å². The van der Waals surface area contributed by atoms with Gasteiger partial charge in [-0.2, -0.15) is 0 Å². The van der Waals surface area contributed by atoms with Crippen LogP contribution in [0.2, 0.25) is 0 Å². The zero-order valence-electron chi connectivity index (χ0n) is 18.2. The summed E-state index contributed by atoms with van der Waals surface area (Å²) in [6.45, 7) is 9.73. The lowest BCUT2D eigenvalue weighted by Crippen LogP contribution is -2.15. The second-order valence-electron chi connectivity index (χ2n) is 8.37. The third-order valence-electron chi connectivity index (χ3n) is 6.20. The zero-order valence-corrected chi connectivity index (χ0v) is 18.2. The molecule has 0 heterocycles. The van der Waals surface area contributed by atoms with Crippen molar-refractivity contribution in [1.29, 1.82) is 0 Å². The summed E-state index contributed by atoms with van der Waals surface area (Å²) in [6.07, 6.45) is 21.9. The van der Waals surface area contributed by atoms with Crippen LogP contribution in [-0.4, -0.2) is 11.7 Å². The largest absolute Gasteiger partial charge is 0.396 e. The highest BCUT2D eigenvalue weighted by Gasteiger charge is 2.19. The zero-order chi connectivity index (χ0) is 18.8. The molecule has 0 radical (unpaired) electrons. The number of aliphatic hydroxyl groups is 1. The van der Waals surface area contributed by atoms with E-state index in [0.29, 0.717) is 6.61 Å². The van der Waals surface area contributed by atoms with Gasteiger partial charge in [0.2, 0.25) is 0 Å². The Morgan fingerprint density at radius 2 is 1.04 bits per heavy atom. The lowest BCUT2D eigenvalue weighted by molar-refractivity contribution is 0.243. The van der Waals surface area contributed by atoms with Crippen LogP contribution in [0.15, 0.2) is 0 Å². The van der Waals surface area contributed by atoms with Gasteiger partial charge in [0.25, 0.3) is 0 Å². The van der Waals surface area contributed by atoms with E-state index in [1.807, 2.05) is 0 Å². The SMILES string of the molecule is CCCCC[C@@H](CCCCC[C@H](CC)CCCO)C(CCC)CCC. The first-order chi connectivity index (χ1) is 12.2. The molecule has 0 saturated heterocycles. The molecular weight excluding hydrogens is 304 g/mol. The second-order valence-corrected chi connectivity index (χ2v) is 8.37. The molecule has 0 spiro atoms. The van der Waals surface area contributed by atoms with Crippen LogP contribution in [-0.2, 0) is 0 Å². The monoisotopic (exact) mass is 354 g/mol. The number of rotatable bonds is 19. The van der Waals surface area contributed by atoms with Crippen LogP contribution in [0.5, 0.6) is 0 Å². The van der Waals surface area contributed by atoms with Gasteiger partial charge < -0.3 is 5.11 Å². The maximum absolute atomic E-state index is 9.01. The molecule has 0 aromatic carbocycles. The number of hydrogen-bond donors (Lipinski definition) is 1. The summed E-state index contributed by atoms with van der Waals surface area (Å²) in [6, 6.07) is 0. The Balaban J connectivity index is 4.17. The Labute approximate surface area is 160 Å². The van der Waals surface area contributed by atoms with Crippen LogP contribution in [0.4, 0.5) is 0 Å². The minimum absolute atomic E-state index is 0.367. The molecule has 0 amide bonds. The Morgan fingerprint density at radius 3 is 1.56 bits per heavy atom. The van der Waals surface area contributed by atoms with Gasteiger partial charge in [-0.25, -0.2) is 0 Å². The highest BCUT2D eigenvalue weighted by atomic mass is 16.2. The van der Waals surface area contributed by atoms with Crippen molar-refractivity contribution < 1.29 is 5.11 Å². The molecule has 0 aromatic heterocycles. The standard InChI is InChI=1S/C24H50O/c1-5-9-11-19-24(23(15-6-2)16-7-3)20-13-10-12-17-22(8-4)18-14-21-25/h22-25H,5-21H2,1-4H3/t22-,24-/m0/s1. The van der Waals surface area contributed by atoms with Gasteiger partial charge in [0.1, 0.15) is 0 Å². The van der Waals surface area contributed by atoms with Gasteiger partial charge in [-0.15, -0.1) is 0 Å². The van der Waals surface area contributed by atoms with E-state index in [2.05, 4.69) is 27.7 Å². The molecule has 0 fully saturated rings. The average Bonchev–Trinajstić information content (AvgIpc) is 2.62. The van der Waals surface area contributed by atoms with Gasteiger partial charge in [0, 0.05) is 6.61 Å². The minimum Gasteiger partial charge on any atom is -0.396 e. The number of aliphatic hydroxyl groups excluding tert-OH is 1. The Kier molecular flexibility index (Phi) is 18.7. The van der Waals surface area contributed by atoms with Crippen LogP contribution >= 0.6 is 0 Å². The minimum atomic E-state index is 0.367. The third kappa shape index (κ3) is 13.8. The highest BCUT2D eigenvalue weighted by Crippen LogP contribution is 2.32. The molecule has 25 heavy (non-hydrogen) atoms. The van der Waals surface area contributed by atoms with Crippen molar-refractivity contribution in [2.24, 2.45) is 17.8 Å². The average molecular weight is 355 g/mol. The Morgan fingerprint density at radius 1 is 0.520 bits per heavy atom. The molecule has 0 unspecified atom stereocenters. The summed E-state index contributed by atoms with van der Waals surface area (Å²) < 4.78 is 0. The summed E-state index contributed by atoms with van der Waals surface area (Å²) in [4.78, 5) is 0. The topological polar surface area (TPSA) is 20.2 Å². The lowest BCUT2D eigenvalue weighted by atomic mass is 9.79. The molecule has 1 N–H and O–H groups in total. The van der Waals surface area contributed by atoms with Crippen LogP contribution < -0.4 is 0 Å².